The Morgan fingerprint density at radius 2 is 1.62 bits per heavy atom. The molecule has 0 heterocycles. The fourth-order valence-corrected chi connectivity index (χ4v) is 2.56. The van der Waals surface area contributed by atoms with Crippen molar-refractivity contribution in [2.24, 2.45) is 5.92 Å². The number of hydrogen-bond acceptors (Lipinski definition) is 1. The van der Waals surface area contributed by atoms with Gasteiger partial charge in [-0.2, -0.15) is 0 Å². The highest BCUT2D eigenvalue weighted by atomic mass is 16.4. The summed E-state index contributed by atoms with van der Waals surface area (Å²) in [5.74, 6) is -0.661. The van der Waals surface area contributed by atoms with Gasteiger partial charge in [0.1, 0.15) is 0 Å². The van der Waals surface area contributed by atoms with Crippen LogP contribution in [0.3, 0.4) is 0 Å². The summed E-state index contributed by atoms with van der Waals surface area (Å²) in [6, 6.07) is 16.2. The predicted molar refractivity (Wildman–Crippen MR) is 86.5 cm³/mol. The van der Waals surface area contributed by atoms with E-state index in [9.17, 15) is 9.90 Å². The standard InChI is InChI=1S/C19H22O2/c1-13(2)12-15-8-10-16(11-9-15)18-7-5-4-6-17(18)14(3)19(20)21/h4-11,13-14H,12H2,1-3H3,(H,20,21). The third-order valence-corrected chi connectivity index (χ3v) is 3.71. The smallest absolute Gasteiger partial charge is 0.310 e. The van der Waals surface area contributed by atoms with Crippen molar-refractivity contribution in [3.8, 4) is 11.1 Å². The molecule has 0 radical (unpaired) electrons. The van der Waals surface area contributed by atoms with Crippen LogP contribution in [0, 0.1) is 5.92 Å². The topological polar surface area (TPSA) is 37.3 Å². The lowest BCUT2D eigenvalue weighted by Crippen LogP contribution is -2.08. The second kappa shape index (κ2) is 6.57. The molecule has 0 aromatic heterocycles. The number of rotatable bonds is 5. The normalized spacial score (nSPS) is 12.4. The molecule has 2 heteroatoms. The number of carboxylic acids is 1. The van der Waals surface area contributed by atoms with Gasteiger partial charge in [0.05, 0.1) is 5.92 Å². The van der Waals surface area contributed by atoms with Gasteiger partial charge in [0.2, 0.25) is 0 Å². The molecule has 0 bridgehead atoms. The second-order valence-electron chi connectivity index (χ2n) is 5.94. The molecule has 2 rings (SSSR count). The lowest BCUT2D eigenvalue weighted by molar-refractivity contribution is -0.138. The Kier molecular flexibility index (Phi) is 4.79. The van der Waals surface area contributed by atoms with E-state index in [1.54, 1.807) is 6.92 Å². The van der Waals surface area contributed by atoms with Gasteiger partial charge >= 0.3 is 5.97 Å². The first kappa shape index (κ1) is 15.3. The molecule has 2 aromatic rings. The van der Waals surface area contributed by atoms with Crippen molar-refractivity contribution in [2.75, 3.05) is 0 Å². The zero-order chi connectivity index (χ0) is 15.4. The van der Waals surface area contributed by atoms with Crippen LogP contribution in [0.5, 0.6) is 0 Å². The van der Waals surface area contributed by atoms with Gasteiger partial charge in [-0.15, -0.1) is 0 Å². The molecule has 0 saturated carbocycles. The summed E-state index contributed by atoms with van der Waals surface area (Å²) in [7, 11) is 0. The van der Waals surface area contributed by atoms with Gasteiger partial charge in [0.25, 0.3) is 0 Å². The zero-order valence-corrected chi connectivity index (χ0v) is 12.8. The molecule has 2 nitrogen and oxygen atoms in total. The van der Waals surface area contributed by atoms with Crippen molar-refractivity contribution >= 4 is 5.97 Å². The number of benzene rings is 2. The van der Waals surface area contributed by atoms with Gasteiger partial charge in [-0.3, -0.25) is 4.79 Å². The number of carboxylic acid groups (broad SMARTS) is 1. The van der Waals surface area contributed by atoms with E-state index >= 15 is 0 Å². The highest BCUT2D eigenvalue weighted by Gasteiger charge is 2.17. The van der Waals surface area contributed by atoms with E-state index in [1.165, 1.54) is 5.56 Å². The quantitative estimate of drug-likeness (QED) is 0.860. The fraction of sp³-hybridized carbons (Fsp3) is 0.316. The summed E-state index contributed by atoms with van der Waals surface area (Å²) < 4.78 is 0. The molecule has 0 aliphatic heterocycles. The maximum atomic E-state index is 11.3. The second-order valence-corrected chi connectivity index (χ2v) is 5.94. The monoisotopic (exact) mass is 282 g/mol. The summed E-state index contributed by atoms with van der Waals surface area (Å²) in [6.07, 6.45) is 1.06. The molecule has 110 valence electrons. The van der Waals surface area contributed by atoms with E-state index in [0.717, 1.165) is 23.1 Å². The minimum absolute atomic E-state index is 0.503. The number of carbonyl (C=O) groups is 1. The van der Waals surface area contributed by atoms with Crippen LogP contribution in [0.25, 0.3) is 11.1 Å². The van der Waals surface area contributed by atoms with Crippen molar-refractivity contribution in [2.45, 2.75) is 33.1 Å². The average Bonchev–Trinajstić information content (AvgIpc) is 2.46. The fourth-order valence-electron chi connectivity index (χ4n) is 2.56. The van der Waals surface area contributed by atoms with E-state index in [-0.39, 0.29) is 0 Å². The van der Waals surface area contributed by atoms with Crippen LogP contribution in [0.15, 0.2) is 48.5 Å². The Hall–Kier alpha value is -2.09. The lowest BCUT2D eigenvalue weighted by atomic mass is 9.91. The Balaban J connectivity index is 2.36. The van der Waals surface area contributed by atoms with Crippen LogP contribution in [0.4, 0.5) is 0 Å². The van der Waals surface area contributed by atoms with Gasteiger partial charge in [0, 0.05) is 0 Å². The highest BCUT2D eigenvalue weighted by Crippen LogP contribution is 2.29. The Morgan fingerprint density at radius 1 is 1.00 bits per heavy atom. The zero-order valence-electron chi connectivity index (χ0n) is 12.8. The largest absolute Gasteiger partial charge is 0.481 e. The minimum atomic E-state index is -0.793. The molecule has 0 spiro atoms. The summed E-state index contributed by atoms with van der Waals surface area (Å²) >= 11 is 0. The molecule has 0 aliphatic rings. The van der Waals surface area contributed by atoms with Crippen LogP contribution in [0.2, 0.25) is 0 Å². The Bertz CT molecular complexity index is 612. The molecule has 0 fully saturated rings. The van der Waals surface area contributed by atoms with E-state index in [2.05, 4.69) is 38.1 Å². The Labute approximate surface area is 126 Å². The maximum absolute atomic E-state index is 11.3. The maximum Gasteiger partial charge on any atom is 0.310 e. The van der Waals surface area contributed by atoms with Crippen LogP contribution >= 0.6 is 0 Å². The Morgan fingerprint density at radius 3 is 2.19 bits per heavy atom. The first-order valence-electron chi connectivity index (χ1n) is 7.40. The summed E-state index contributed by atoms with van der Waals surface area (Å²) in [5.41, 5.74) is 4.26. The summed E-state index contributed by atoms with van der Waals surface area (Å²) in [4.78, 5) is 11.3. The molecule has 2 aromatic carbocycles. The molecule has 0 saturated heterocycles. The predicted octanol–water partition coefficient (Wildman–Crippen LogP) is 4.74. The first-order valence-corrected chi connectivity index (χ1v) is 7.40. The molecule has 0 amide bonds. The van der Waals surface area contributed by atoms with Crippen LogP contribution in [-0.4, -0.2) is 11.1 Å². The van der Waals surface area contributed by atoms with Crippen LogP contribution in [0.1, 0.15) is 37.8 Å². The third-order valence-electron chi connectivity index (χ3n) is 3.71. The van der Waals surface area contributed by atoms with Crippen molar-refractivity contribution in [1.29, 1.82) is 0 Å². The minimum Gasteiger partial charge on any atom is -0.481 e. The van der Waals surface area contributed by atoms with Crippen LogP contribution < -0.4 is 0 Å². The SMILES string of the molecule is CC(C)Cc1ccc(-c2ccccc2C(C)C(=O)O)cc1. The molecular weight excluding hydrogens is 260 g/mol. The molecule has 1 unspecified atom stereocenters. The summed E-state index contributed by atoms with van der Waals surface area (Å²) in [6.45, 7) is 6.14. The molecule has 21 heavy (non-hydrogen) atoms. The van der Waals surface area contributed by atoms with Crippen molar-refractivity contribution in [3.05, 3.63) is 59.7 Å². The molecular formula is C19H22O2. The van der Waals surface area contributed by atoms with Crippen molar-refractivity contribution in [3.63, 3.8) is 0 Å². The van der Waals surface area contributed by atoms with E-state index in [0.29, 0.717) is 5.92 Å². The summed E-state index contributed by atoms with van der Waals surface area (Å²) in [5, 5.41) is 9.25. The van der Waals surface area contributed by atoms with Crippen molar-refractivity contribution in [1.82, 2.24) is 0 Å². The van der Waals surface area contributed by atoms with Crippen molar-refractivity contribution < 1.29 is 9.90 Å². The molecule has 1 N–H and O–H groups in total. The average molecular weight is 282 g/mol. The van der Waals surface area contributed by atoms with Gasteiger partial charge in [0.15, 0.2) is 0 Å². The van der Waals surface area contributed by atoms with Gasteiger partial charge < -0.3 is 5.11 Å². The van der Waals surface area contributed by atoms with Gasteiger partial charge in [-0.25, -0.2) is 0 Å². The lowest BCUT2D eigenvalue weighted by Gasteiger charge is -2.14. The molecule has 0 aliphatic carbocycles. The highest BCUT2D eigenvalue weighted by molar-refractivity contribution is 5.80. The number of hydrogen-bond donors (Lipinski definition) is 1. The van der Waals surface area contributed by atoms with Gasteiger partial charge in [-0.05, 0) is 41.5 Å². The van der Waals surface area contributed by atoms with Gasteiger partial charge in [-0.1, -0.05) is 62.4 Å². The first-order chi connectivity index (χ1) is 9.99. The van der Waals surface area contributed by atoms with E-state index in [4.69, 9.17) is 0 Å². The van der Waals surface area contributed by atoms with E-state index in [1.807, 2.05) is 24.3 Å². The third kappa shape index (κ3) is 3.72. The molecule has 1 atom stereocenters. The van der Waals surface area contributed by atoms with Crippen LogP contribution in [-0.2, 0) is 11.2 Å². The number of aliphatic carboxylic acids is 1. The van der Waals surface area contributed by atoms with E-state index < -0.39 is 11.9 Å².